The summed E-state index contributed by atoms with van der Waals surface area (Å²) < 4.78 is 10.8. The molecule has 7 heteroatoms. The molecular weight excluding hydrogens is 392 g/mol. The summed E-state index contributed by atoms with van der Waals surface area (Å²) in [6.45, 7) is 6.48. The Hall–Kier alpha value is -2.73. The number of carbonyl (C=O) groups excluding carboxylic acids is 2. The number of rotatable bonds is 9. The topological polar surface area (TPSA) is 76.7 Å². The summed E-state index contributed by atoms with van der Waals surface area (Å²) in [6, 6.07) is 11.5. The minimum Gasteiger partial charge on any atom is -0.493 e. The van der Waals surface area contributed by atoms with Crippen molar-refractivity contribution in [2.24, 2.45) is 5.92 Å². The number of nitrogens with one attached hydrogen (secondary N) is 2. The van der Waals surface area contributed by atoms with Crippen LogP contribution in [0.4, 0.5) is 0 Å². The van der Waals surface area contributed by atoms with Gasteiger partial charge in [0.1, 0.15) is 6.04 Å². The highest BCUT2D eigenvalue weighted by Gasteiger charge is 2.25. The second kappa shape index (κ2) is 10.7. The number of ether oxygens (including phenoxy) is 2. The molecule has 0 heterocycles. The van der Waals surface area contributed by atoms with Crippen molar-refractivity contribution in [2.75, 3.05) is 13.7 Å². The third kappa shape index (κ3) is 6.12. The maximum absolute atomic E-state index is 12.7. The van der Waals surface area contributed by atoms with Crippen LogP contribution in [0.1, 0.15) is 36.7 Å². The molecule has 0 aliphatic rings. The van der Waals surface area contributed by atoms with E-state index in [1.807, 2.05) is 39.0 Å². The van der Waals surface area contributed by atoms with E-state index in [-0.39, 0.29) is 17.7 Å². The first-order valence-electron chi connectivity index (χ1n) is 9.50. The van der Waals surface area contributed by atoms with Gasteiger partial charge in [0.2, 0.25) is 5.91 Å². The van der Waals surface area contributed by atoms with Crippen LogP contribution in [0.3, 0.4) is 0 Å². The predicted molar refractivity (Wildman–Crippen MR) is 114 cm³/mol. The molecule has 2 amide bonds. The molecule has 0 spiro atoms. The summed E-state index contributed by atoms with van der Waals surface area (Å²) >= 11 is 6.08. The van der Waals surface area contributed by atoms with Gasteiger partial charge in [-0.05, 0) is 42.7 Å². The van der Waals surface area contributed by atoms with Gasteiger partial charge >= 0.3 is 0 Å². The Morgan fingerprint density at radius 2 is 1.83 bits per heavy atom. The summed E-state index contributed by atoms with van der Waals surface area (Å²) in [5.41, 5.74) is 1.20. The number of carbonyl (C=O) groups is 2. The third-order valence-electron chi connectivity index (χ3n) is 4.35. The minimum absolute atomic E-state index is 0.101. The lowest BCUT2D eigenvalue weighted by atomic mass is 10.0. The minimum atomic E-state index is -0.691. The summed E-state index contributed by atoms with van der Waals surface area (Å²) in [4.78, 5) is 25.3. The molecule has 1 unspecified atom stereocenters. The van der Waals surface area contributed by atoms with Crippen LogP contribution in [0.5, 0.6) is 11.5 Å². The lowest BCUT2D eigenvalue weighted by Gasteiger charge is -2.22. The molecule has 0 saturated carbocycles. The van der Waals surface area contributed by atoms with Crippen molar-refractivity contribution in [3.63, 3.8) is 0 Å². The molecule has 1 atom stereocenters. The molecule has 0 aliphatic heterocycles. The van der Waals surface area contributed by atoms with E-state index in [1.54, 1.807) is 31.4 Å². The van der Waals surface area contributed by atoms with Gasteiger partial charge in [-0.15, -0.1) is 0 Å². The van der Waals surface area contributed by atoms with E-state index >= 15 is 0 Å². The van der Waals surface area contributed by atoms with Crippen LogP contribution in [-0.4, -0.2) is 31.6 Å². The lowest BCUT2D eigenvalue weighted by molar-refractivity contribution is -0.124. The van der Waals surface area contributed by atoms with E-state index in [0.717, 1.165) is 5.56 Å². The van der Waals surface area contributed by atoms with Crippen molar-refractivity contribution in [3.8, 4) is 11.5 Å². The average Bonchev–Trinajstić information content (AvgIpc) is 2.71. The Morgan fingerprint density at radius 1 is 1.10 bits per heavy atom. The highest BCUT2D eigenvalue weighted by Crippen LogP contribution is 2.28. The zero-order valence-corrected chi connectivity index (χ0v) is 17.9. The molecule has 0 bridgehead atoms. The third-order valence-corrected chi connectivity index (χ3v) is 4.68. The van der Waals surface area contributed by atoms with Gasteiger partial charge in [0.25, 0.3) is 5.91 Å². The van der Waals surface area contributed by atoms with E-state index in [0.29, 0.717) is 35.2 Å². The fourth-order valence-corrected chi connectivity index (χ4v) is 3.02. The number of amides is 2. The molecule has 0 fully saturated rings. The zero-order chi connectivity index (χ0) is 21.4. The number of methoxy groups -OCH3 is 1. The van der Waals surface area contributed by atoms with E-state index in [2.05, 4.69) is 10.6 Å². The Bertz CT molecular complexity index is 854. The quantitative estimate of drug-likeness (QED) is 0.649. The first kappa shape index (κ1) is 22.6. The van der Waals surface area contributed by atoms with Crippen molar-refractivity contribution in [1.82, 2.24) is 10.6 Å². The number of halogens is 1. The average molecular weight is 419 g/mol. The molecule has 2 rings (SSSR count). The standard InChI is InChI=1S/C22H27ClN2O4/c1-5-29-18-11-10-15(12-19(18)28-4)13-24-22(27)20(14(2)3)25-21(26)16-8-6-7-9-17(16)23/h6-12,14,20H,5,13H2,1-4H3,(H,24,27)(H,25,26). The van der Waals surface area contributed by atoms with Crippen molar-refractivity contribution in [2.45, 2.75) is 33.4 Å². The number of benzene rings is 2. The molecular formula is C22H27ClN2O4. The van der Waals surface area contributed by atoms with Gasteiger partial charge in [-0.2, -0.15) is 0 Å². The molecule has 0 aliphatic carbocycles. The molecule has 0 radical (unpaired) electrons. The van der Waals surface area contributed by atoms with Gasteiger partial charge in [0.05, 0.1) is 24.3 Å². The molecule has 0 aromatic heterocycles. The van der Waals surface area contributed by atoms with E-state index < -0.39 is 6.04 Å². The number of hydrogen-bond acceptors (Lipinski definition) is 4. The first-order valence-corrected chi connectivity index (χ1v) is 9.88. The van der Waals surface area contributed by atoms with Crippen LogP contribution >= 0.6 is 11.6 Å². The van der Waals surface area contributed by atoms with Crippen LogP contribution in [0, 0.1) is 5.92 Å². The smallest absolute Gasteiger partial charge is 0.253 e. The van der Waals surface area contributed by atoms with Crippen molar-refractivity contribution in [3.05, 3.63) is 58.6 Å². The summed E-state index contributed by atoms with van der Waals surface area (Å²) in [6.07, 6.45) is 0. The van der Waals surface area contributed by atoms with Crippen LogP contribution in [0.15, 0.2) is 42.5 Å². The maximum Gasteiger partial charge on any atom is 0.253 e. The Morgan fingerprint density at radius 3 is 2.45 bits per heavy atom. The predicted octanol–water partition coefficient (Wildman–Crippen LogP) is 3.82. The highest BCUT2D eigenvalue weighted by atomic mass is 35.5. The van der Waals surface area contributed by atoms with Crippen LogP contribution in [0.2, 0.25) is 5.02 Å². The molecule has 156 valence electrons. The second-order valence-corrected chi connectivity index (χ2v) is 7.22. The first-order chi connectivity index (χ1) is 13.9. The SMILES string of the molecule is CCOc1ccc(CNC(=O)C(NC(=O)c2ccccc2Cl)C(C)C)cc1OC. The Balaban J connectivity index is 2.04. The van der Waals surface area contributed by atoms with Crippen LogP contribution < -0.4 is 20.1 Å². The van der Waals surface area contributed by atoms with Crippen molar-refractivity contribution >= 4 is 23.4 Å². The van der Waals surface area contributed by atoms with Crippen LogP contribution in [-0.2, 0) is 11.3 Å². The normalized spacial score (nSPS) is 11.7. The molecule has 0 saturated heterocycles. The Kier molecular flexibility index (Phi) is 8.34. The summed E-state index contributed by atoms with van der Waals surface area (Å²) in [5, 5.41) is 5.99. The van der Waals surface area contributed by atoms with Gasteiger partial charge in [-0.25, -0.2) is 0 Å². The van der Waals surface area contributed by atoms with Gasteiger partial charge in [0, 0.05) is 6.54 Å². The van der Waals surface area contributed by atoms with Gasteiger partial charge in [-0.3, -0.25) is 9.59 Å². The van der Waals surface area contributed by atoms with E-state index in [9.17, 15) is 9.59 Å². The largest absolute Gasteiger partial charge is 0.493 e. The molecule has 2 N–H and O–H groups in total. The maximum atomic E-state index is 12.7. The molecule has 2 aromatic carbocycles. The van der Waals surface area contributed by atoms with E-state index in [4.69, 9.17) is 21.1 Å². The highest BCUT2D eigenvalue weighted by molar-refractivity contribution is 6.33. The summed E-state index contributed by atoms with van der Waals surface area (Å²) in [7, 11) is 1.57. The summed E-state index contributed by atoms with van der Waals surface area (Å²) in [5.74, 6) is 0.500. The fraction of sp³-hybridized carbons (Fsp3) is 0.364. The molecule has 29 heavy (non-hydrogen) atoms. The molecule has 6 nitrogen and oxygen atoms in total. The lowest BCUT2D eigenvalue weighted by Crippen LogP contribution is -2.49. The van der Waals surface area contributed by atoms with Crippen LogP contribution in [0.25, 0.3) is 0 Å². The van der Waals surface area contributed by atoms with Gasteiger partial charge in [0.15, 0.2) is 11.5 Å². The van der Waals surface area contributed by atoms with Gasteiger partial charge < -0.3 is 20.1 Å². The second-order valence-electron chi connectivity index (χ2n) is 6.81. The Labute approximate surface area is 176 Å². The monoisotopic (exact) mass is 418 g/mol. The molecule has 2 aromatic rings. The van der Waals surface area contributed by atoms with E-state index in [1.165, 1.54) is 0 Å². The fourth-order valence-electron chi connectivity index (χ4n) is 2.80. The van der Waals surface area contributed by atoms with Crippen molar-refractivity contribution in [1.29, 1.82) is 0 Å². The zero-order valence-electron chi connectivity index (χ0n) is 17.1. The van der Waals surface area contributed by atoms with Crippen molar-refractivity contribution < 1.29 is 19.1 Å². The number of hydrogen-bond donors (Lipinski definition) is 2. The van der Waals surface area contributed by atoms with Gasteiger partial charge in [-0.1, -0.05) is 43.6 Å².